The van der Waals surface area contributed by atoms with E-state index in [2.05, 4.69) is 10.3 Å². The van der Waals surface area contributed by atoms with Gasteiger partial charge in [0, 0.05) is 28.8 Å². The SMILES string of the molecule is CCCCOC(=O)c1cccc(NC(=O)Cn2cnc3scc(-c4ccc([N+](=O)[O-])cc4)c3c2=O)c1. The van der Waals surface area contributed by atoms with Gasteiger partial charge in [0.2, 0.25) is 5.91 Å². The zero-order chi connectivity index (χ0) is 25.7. The minimum absolute atomic E-state index is 0.0521. The highest BCUT2D eigenvalue weighted by Crippen LogP contribution is 2.31. The lowest BCUT2D eigenvalue weighted by molar-refractivity contribution is -0.384. The number of aromatic nitrogens is 2. The predicted octanol–water partition coefficient (Wildman–Crippen LogP) is 4.63. The molecule has 0 atom stereocenters. The number of hydrogen-bond donors (Lipinski definition) is 1. The maximum absolute atomic E-state index is 13.2. The summed E-state index contributed by atoms with van der Waals surface area (Å²) in [5.41, 5.74) is 1.48. The van der Waals surface area contributed by atoms with E-state index in [1.807, 2.05) is 6.92 Å². The van der Waals surface area contributed by atoms with Gasteiger partial charge in [0.25, 0.3) is 11.2 Å². The van der Waals surface area contributed by atoms with E-state index in [0.717, 1.165) is 12.8 Å². The highest BCUT2D eigenvalue weighted by molar-refractivity contribution is 7.17. The minimum atomic E-state index is -0.492. The largest absolute Gasteiger partial charge is 0.462 e. The predicted molar refractivity (Wildman–Crippen MR) is 136 cm³/mol. The molecule has 11 heteroatoms. The van der Waals surface area contributed by atoms with Crippen molar-refractivity contribution in [1.29, 1.82) is 0 Å². The molecule has 0 bridgehead atoms. The molecule has 0 aliphatic carbocycles. The fraction of sp³-hybridized carbons (Fsp3) is 0.200. The lowest BCUT2D eigenvalue weighted by Crippen LogP contribution is -2.27. The van der Waals surface area contributed by atoms with Gasteiger partial charge >= 0.3 is 5.97 Å². The normalized spacial score (nSPS) is 10.8. The topological polar surface area (TPSA) is 133 Å². The van der Waals surface area contributed by atoms with E-state index in [4.69, 9.17) is 4.74 Å². The molecular weight excluding hydrogens is 484 g/mol. The maximum atomic E-state index is 13.2. The van der Waals surface area contributed by atoms with E-state index < -0.39 is 22.4 Å². The summed E-state index contributed by atoms with van der Waals surface area (Å²) in [6, 6.07) is 12.3. The first-order chi connectivity index (χ1) is 17.4. The van der Waals surface area contributed by atoms with Crippen molar-refractivity contribution < 1.29 is 19.2 Å². The molecule has 0 saturated heterocycles. The summed E-state index contributed by atoms with van der Waals surface area (Å²) in [6.07, 6.45) is 2.98. The third kappa shape index (κ3) is 5.47. The number of amides is 1. The van der Waals surface area contributed by atoms with Crippen molar-refractivity contribution in [3.05, 3.63) is 86.3 Å². The van der Waals surface area contributed by atoms with Crippen LogP contribution in [0.5, 0.6) is 0 Å². The van der Waals surface area contributed by atoms with Crippen LogP contribution in [0.25, 0.3) is 21.3 Å². The van der Waals surface area contributed by atoms with Crippen molar-refractivity contribution in [2.45, 2.75) is 26.3 Å². The van der Waals surface area contributed by atoms with Crippen LogP contribution >= 0.6 is 11.3 Å². The fourth-order valence-electron chi connectivity index (χ4n) is 3.53. The van der Waals surface area contributed by atoms with Crippen LogP contribution in [0.1, 0.15) is 30.1 Å². The number of carbonyl (C=O) groups is 2. The zero-order valence-electron chi connectivity index (χ0n) is 19.3. The Morgan fingerprint density at radius 3 is 2.69 bits per heavy atom. The molecule has 0 fully saturated rings. The van der Waals surface area contributed by atoms with Gasteiger partial charge in [-0.2, -0.15) is 0 Å². The first kappa shape index (κ1) is 24.7. The number of nitrogens with zero attached hydrogens (tertiary/aromatic N) is 3. The Morgan fingerprint density at radius 1 is 1.19 bits per heavy atom. The third-order valence-electron chi connectivity index (χ3n) is 5.38. The average Bonchev–Trinajstić information content (AvgIpc) is 3.31. The van der Waals surface area contributed by atoms with Gasteiger partial charge in [-0.1, -0.05) is 19.4 Å². The minimum Gasteiger partial charge on any atom is -0.462 e. The quantitative estimate of drug-likeness (QED) is 0.151. The highest BCUT2D eigenvalue weighted by atomic mass is 32.1. The van der Waals surface area contributed by atoms with Gasteiger partial charge in [-0.05, 0) is 42.3 Å². The van der Waals surface area contributed by atoms with E-state index in [1.54, 1.807) is 35.7 Å². The molecule has 2 aromatic carbocycles. The van der Waals surface area contributed by atoms with Crippen molar-refractivity contribution in [2.75, 3.05) is 11.9 Å². The molecule has 184 valence electrons. The number of ether oxygens (including phenoxy) is 1. The number of benzene rings is 2. The number of nitrogens with one attached hydrogen (secondary N) is 1. The second-order valence-electron chi connectivity index (χ2n) is 7.93. The lowest BCUT2D eigenvalue weighted by Gasteiger charge is -2.09. The average molecular weight is 507 g/mol. The van der Waals surface area contributed by atoms with Gasteiger partial charge < -0.3 is 10.1 Å². The Morgan fingerprint density at radius 2 is 1.97 bits per heavy atom. The van der Waals surface area contributed by atoms with Gasteiger partial charge in [0.15, 0.2) is 0 Å². The molecular formula is C25H22N4O6S. The van der Waals surface area contributed by atoms with Gasteiger partial charge in [0.1, 0.15) is 11.4 Å². The van der Waals surface area contributed by atoms with Crippen LogP contribution in [0, 0.1) is 10.1 Å². The standard InChI is InChI=1S/C25H22N4O6S/c1-2-3-11-35-25(32)17-5-4-6-18(12-17)27-21(30)13-28-15-26-23-22(24(28)31)20(14-36-23)16-7-9-19(10-8-16)29(33)34/h4-10,12,14-15H,2-3,11,13H2,1H3,(H,27,30). The van der Waals surface area contributed by atoms with Crippen molar-refractivity contribution in [1.82, 2.24) is 9.55 Å². The van der Waals surface area contributed by atoms with E-state index in [1.165, 1.54) is 40.4 Å². The first-order valence-electron chi connectivity index (χ1n) is 11.2. The van der Waals surface area contributed by atoms with Gasteiger partial charge in [-0.15, -0.1) is 11.3 Å². The van der Waals surface area contributed by atoms with E-state index in [9.17, 15) is 24.5 Å². The summed E-state index contributed by atoms with van der Waals surface area (Å²) in [6.45, 7) is 2.04. The molecule has 4 rings (SSSR count). The van der Waals surface area contributed by atoms with Gasteiger partial charge in [-0.3, -0.25) is 24.3 Å². The number of carbonyl (C=O) groups excluding carboxylic acids is 2. The summed E-state index contributed by atoms with van der Waals surface area (Å²) in [5, 5.41) is 15.7. The maximum Gasteiger partial charge on any atom is 0.338 e. The van der Waals surface area contributed by atoms with Crippen LogP contribution in [0.4, 0.5) is 11.4 Å². The number of nitro groups is 1. The molecule has 4 aromatic rings. The molecule has 0 spiro atoms. The van der Waals surface area contributed by atoms with Gasteiger partial charge in [0.05, 0.1) is 28.8 Å². The zero-order valence-corrected chi connectivity index (χ0v) is 20.1. The first-order valence-corrected chi connectivity index (χ1v) is 12.0. The third-order valence-corrected chi connectivity index (χ3v) is 6.26. The van der Waals surface area contributed by atoms with E-state index in [0.29, 0.717) is 39.2 Å². The Bertz CT molecular complexity index is 1490. The van der Waals surface area contributed by atoms with Gasteiger partial charge in [-0.25, -0.2) is 9.78 Å². The number of nitro benzene ring substituents is 1. The molecule has 0 unspecified atom stereocenters. The van der Waals surface area contributed by atoms with Crippen molar-refractivity contribution in [3.63, 3.8) is 0 Å². The lowest BCUT2D eigenvalue weighted by atomic mass is 10.1. The highest BCUT2D eigenvalue weighted by Gasteiger charge is 2.16. The smallest absolute Gasteiger partial charge is 0.338 e. The summed E-state index contributed by atoms with van der Waals surface area (Å²) in [7, 11) is 0. The molecule has 0 aliphatic rings. The number of thiophene rings is 1. The number of rotatable bonds is 9. The second-order valence-corrected chi connectivity index (χ2v) is 8.79. The number of hydrogen-bond acceptors (Lipinski definition) is 8. The van der Waals surface area contributed by atoms with Crippen molar-refractivity contribution >= 4 is 44.8 Å². The molecule has 0 radical (unpaired) electrons. The fourth-order valence-corrected chi connectivity index (χ4v) is 4.43. The summed E-state index contributed by atoms with van der Waals surface area (Å²) in [4.78, 5) is 53.3. The summed E-state index contributed by atoms with van der Waals surface area (Å²) in [5.74, 6) is -0.941. The molecule has 2 heterocycles. The molecule has 1 amide bonds. The summed E-state index contributed by atoms with van der Waals surface area (Å²) >= 11 is 1.27. The van der Waals surface area contributed by atoms with Crippen LogP contribution < -0.4 is 10.9 Å². The number of non-ortho nitro benzene ring substituents is 1. The molecule has 0 saturated carbocycles. The molecule has 2 aromatic heterocycles. The Balaban J connectivity index is 1.52. The molecule has 10 nitrogen and oxygen atoms in total. The van der Waals surface area contributed by atoms with Crippen LogP contribution in [0.2, 0.25) is 0 Å². The number of esters is 1. The van der Waals surface area contributed by atoms with Crippen molar-refractivity contribution in [2.24, 2.45) is 0 Å². The Hall–Kier alpha value is -4.38. The number of fused-ring (bicyclic) bond motifs is 1. The van der Waals surface area contributed by atoms with Crippen molar-refractivity contribution in [3.8, 4) is 11.1 Å². The monoisotopic (exact) mass is 506 g/mol. The van der Waals surface area contributed by atoms with Crippen LogP contribution in [-0.2, 0) is 16.1 Å². The second kappa shape index (κ2) is 10.9. The van der Waals surface area contributed by atoms with E-state index in [-0.39, 0.29) is 12.2 Å². The Kier molecular flexibility index (Phi) is 7.50. The number of unbranched alkanes of at least 4 members (excludes halogenated alkanes) is 1. The van der Waals surface area contributed by atoms with Crippen LogP contribution in [0.15, 0.2) is 65.0 Å². The summed E-state index contributed by atoms with van der Waals surface area (Å²) < 4.78 is 6.40. The van der Waals surface area contributed by atoms with E-state index >= 15 is 0 Å². The van der Waals surface area contributed by atoms with Crippen LogP contribution in [-0.4, -0.2) is 33.0 Å². The molecule has 0 aliphatic heterocycles. The molecule has 36 heavy (non-hydrogen) atoms. The molecule has 1 N–H and O–H groups in total. The number of anilines is 1. The van der Waals surface area contributed by atoms with Crippen LogP contribution in [0.3, 0.4) is 0 Å². The Labute approximate surface area is 209 Å².